The summed E-state index contributed by atoms with van der Waals surface area (Å²) in [5, 5.41) is 29.4. The Kier molecular flexibility index (Phi) is 4.89. The molecule has 1 aromatic rings. The number of hydrogen-bond donors (Lipinski definition) is 2. The molecular weight excluding hydrogens is 262 g/mol. The summed E-state index contributed by atoms with van der Waals surface area (Å²) < 4.78 is 0. The third-order valence-corrected chi connectivity index (χ3v) is 3.55. The summed E-state index contributed by atoms with van der Waals surface area (Å²) in [6.07, 6.45) is 0. The first kappa shape index (κ1) is 14.7. The summed E-state index contributed by atoms with van der Waals surface area (Å²) in [6, 6.07) is 4.10. The fourth-order valence-corrected chi connectivity index (χ4v) is 2.37. The molecule has 1 aliphatic rings. The van der Waals surface area contributed by atoms with Crippen LogP contribution >= 0.6 is 0 Å². The molecule has 20 heavy (non-hydrogen) atoms. The molecule has 2 N–H and O–H groups in total. The van der Waals surface area contributed by atoms with E-state index in [2.05, 4.69) is 9.80 Å². The summed E-state index contributed by atoms with van der Waals surface area (Å²) >= 11 is 0. The normalized spacial score (nSPS) is 17.2. The van der Waals surface area contributed by atoms with Crippen LogP contribution in [0, 0.1) is 10.1 Å². The minimum Gasteiger partial charge on any atom is -0.508 e. The fourth-order valence-electron chi connectivity index (χ4n) is 2.37. The number of phenols is 1. The average Bonchev–Trinajstić information content (AvgIpc) is 2.43. The monoisotopic (exact) mass is 281 g/mol. The number of piperazine rings is 1. The van der Waals surface area contributed by atoms with Crippen LogP contribution in [-0.2, 0) is 6.54 Å². The second-order valence-electron chi connectivity index (χ2n) is 4.91. The molecule has 0 unspecified atom stereocenters. The first-order chi connectivity index (χ1) is 9.60. The summed E-state index contributed by atoms with van der Waals surface area (Å²) in [7, 11) is 0. The van der Waals surface area contributed by atoms with Gasteiger partial charge in [-0.3, -0.25) is 19.9 Å². The number of nitrogens with zero attached hydrogens (tertiary/aromatic N) is 3. The Morgan fingerprint density at radius 2 is 1.85 bits per heavy atom. The SMILES string of the molecule is O=[N+]([O-])c1ccc(O)c(CN2CCN(CCO)CC2)c1. The van der Waals surface area contributed by atoms with Gasteiger partial charge in [0.05, 0.1) is 11.5 Å². The Bertz CT molecular complexity index is 473. The molecule has 110 valence electrons. The highest BCUT2D eigenvalue weighted by Crippen LogP contribution is 2.24. The van der Waals surface area contributed by atoms with Gasteiger partial charge in [-0.25, -0.2) is 0 Å². The number of nitro groups is 1. The summed E-state index contributed by atoms with van der Waals surface area (Å²) in [6.45, 7) is 4.69. The molecule has 1 heterocycles. The standard InChI is InChI=1S/C13H19N3O4/c17-8-7-14-3-5-15(6-4-14)10-11-9-12(16(19)20)1-2-13(11)18/h1-2,9,17-18H,3-8,10H2. The minimum atomic E-state index is -0.456. The van der Waals surface area contributed by atoms with E-state index in [0.29, 0.717) is 18.7 Å². The zero-order chi connectivity index (χ0) is 14.5. The van der Waals surface area contributed by atoms with E-state index in [1.54, 1.807) is 0 Å². The number of hydrogen-bond acceptors (Lipinski definition) is 6. The zero-order valence-corrected chi connectivity index (χ0v) is 11.2. The number of aliphatic hydroxyl groups is 1. The molecule has 1 aliphatic heterocycles. The molecule has 1 aromatic carbocycles. The van der Waals surface area contributed by atoms with Crippen molar-refractivity contribution >= 4 is 5.69 Å². The van der Waals surface area contributed by atoms with Gasteiger partial charge in [0.2, 0.25) is 0 Å². The lowest BCUT2D eigenvalue weighted by atomic mass is 10.1. The molecule has 1 saturated heterocycles. The highest BCUT2D eigenvalue weighted by atomic mass is 16.6. The van der Waals surface area contributed by atoms with E-state index in [1.165, 1.54) is 18.2 Å². The number of β-amino-alcohol motifs (C(OH)–C–C–N with tert-alkyl or cyclic N) is 1. The average molecular weight is 281 g/mol. The maximum atomic E-state index is 10.8. The van der Waals surface area contributed by atoms with E-state index in [0.717, 1.165) is 26.2 Å². The van der Waals surface area contributed by atoms with Gasteiger partial charge in [0.15, 0.2) is 0 Å². The first-order valence-electron chi connectivity index (χ1n) is 6.62. The Morgan fingerprint density at radius 1 is 1.20 bits per heavy atom. The van der Waals surface area contributed by atoms with Crippen molar-refractivity contribution in [2.45, 2.75) is 6.54 Å². The maximum Gasteiger partial charge on any atom is 0.270 e. The number of nitro benzene ring substituents is 1. The van der Waals surface area contributed by atoms with E-state index in [1.807, 2.05) is 0 Å². The van der Waals surface area contributed by atoms with Crippen molar-refractivity contribution in [1.29, 1.82) is 0 Å². The summed E-state index contributed by atoms with van der Waals surface area (Å²) in [4.78, 5) is 14.6. The number of rotatable bonds is 5. The molecular formula is C13H19N3O4. The van der Waals surface area contributed by atoms with Crippen LogP contribution in [-0.4, -0.2) is 64.3 Å². The van der Waals surface area contributed by atoms with Crippen molar-refractivity contribution < 1.29 is 15.1 Å². The topological polar surface area (TPSA) is 90.1 Å². The molecule has 0 amide bonds. The third-order valence-electron chi connectivity index (χ3n) is 3.55. The van der Waals surface area contributed by atoms with Crippen molar-refractivity contribution in [3.63, 3.8) is 0 Å². The molecule has 0 saturated carbocycles. The molecule has 2 rings (SSSR count). The van der Waals surface area contributed by atoms with Crippen molar-refractivity contribution in [2.24, 2.45) is 0 Å². The third kappa shape index (κ3) is 3.66. The van der Waals surface area contributed by atoms with E-state index in [4.69, 9.17) is 5.11 Å². The summed E-state index contributed by atoms with van der Waals surface area (Å²) in [5.74, 6) is 0.0911. The largest absolute Gasteiger partial charge is 0.508 e. The van der Waals surface area contributed by atoms with Crippen LogP contribution < -0.4 is 0 Å². The van der Waals surface area contributed by atoms with Crippen molar-refractivity contribution in [1.82, 2.24) is 9.80 Å². The van der Waals surface area contributed by atoms with Crippen molar-refractivity contribution in [2.75, 3.05) is 39.3 Å². The first-order valence-corrected chi connectivity index (χ1v) is 6.62. The zero-order valence-electron chi connectivity index (χ0n) is 11.2. The van der Waals surface area contributed by atoms with Gasteiger partial charge < -0.3 is 10.2 Å². The highest BCUT2D eigenvalue weighted by molar-refractivity contribution is 5.42. The van der Waals surface area contributed by atoms with Crippen LogP contribution in [0.25, 0.3) is 0 Å². The lowest BCUT2D eigenvalue weighted by molar-refractivity contribution is -0.385. The molecule has 0 radical (unpaired) electrons. The Balaban J connectivity index is 1.97. The van der Waals surface area contributed by atoms with Gasteiger partial charge in [-0.1, -0.05) is 0 Å². The number of aromatic hydroxyl groups is 1. The predicted octanol–water partition coefficient (Wildman–Crippen LogP) is 0.410. The van der Waals surface area contributed by atoms with E-state index in [-0.39, 0.29) is 18.0 Å². The number of aliphatic hydroxyl groups excluding tert-OH is 1. The van der Waals surface area contributed by atoms with Crippen molar-refractivity contribution in [3.05, 3.63) is 33.9 Å². The van der Waals surface area contributed by atoms with Gasteiger partial charge in [0.25, 0.3) is 5.69 Å². The molecule has 0 aliphatic carbocycles. The van der Waals surface area contributed by atoms with E-state index < -0.39 is 4.92 Å². The lowest BCUT2D eigenvalue weighted by Crippen LogP contribution is -2.46. The van der Waals surface area contributed by atoms with Crippen molar-refractivity contribution in [3.8, 4) is 5.75 Å². The summed E-state index contributed by atoms with van der Waals surface area (Å²) in [5.41, 5.74) is 0.575. The quantitative estimate of drug-likeness (QED) is 0.600. The van der Waals surface area contributed by atoms with Crippen LogP contribution in [0.15, 0.2) is 18.2 Å². The predicted molar refractivity (Wildman–Crippen MR) is 73.6 cm³/mol. The van der Waals surface area contributed by atoms with Gasteiger partial charge in [-0.05, 0) is 6.07 Å². The molecule has 1 fully saturated rings. The second kappa shape index (κ2) is 6.65. The molecule has 7 heteroatoms. The molecule has 0 spiro atoms. The number of phenolic OH excluding ortho intramolecular Hbond substituents is 1. The Hall–Kier alpha value is -1.70. The molecule has 0 aromatic heterocycles. The highest BCUT2D eigenvalue weighted by Gasteiger charge is 2.18. The van der Waals surface area contributed by atoms with Crippen LogP contribution in [0.4, 0.5) is 5.69 Å². The Labute approximate surface area is 117 Å². The van der Waals surface area contributed by atoms with Gasteiger partial charge in [-0.2, -0.15) is 0 Å². The fraction of sp³-hybridized carbons (Fsp3) is 0.538. The molecule has 0 atom stereocenters. The van der Waals surface area contributed by atoms with Gasteiger partial charge >= 0.3 is 0 Å². The maximum absolute atomic E-state index is 10.8. The Morgan fingerprint density at radius 3 is 2.45 bits per heavy atom. The van der Waals surface area contributed by atoms with E-state index >= 15 is 0 Å². The van der Waals surface area contributed by atoms with Gasteiger partial charge in [0, 0.05) is 57.0 Å². The minimum absolute atomic E-state index is 0.00304. The van der Waals surface area contributed by atoms with Crippen LogP contribution in [0.1, 0.15) is 5.56 Å². The van der Waals surface area contributed by atoms with Crippen LogP contribution in [0.5, 0.6) is 5.75 Å². The molecule has 7 nitrogen and oxygen atoms in total. The lowest BCUT2D eigenvalue weighted by Gasteiger charge is -2.34. The van der Waals surface area contributed by atoms with E-state index in [9.17, 15) is 15.2 Å². The second-order valence-corrected chi connectivity index (χ2v) is 4.91. The van der Waals surface area contributed by atoms with Crippen LogP contribution in [0.3, 0.4) is 0 Å². The van der Waals surface area contributed by atoms with Crippen LogP contribution in [0.2, 0.25) is 0 Å². The smallest absolute Gasteiger partial charge is 0.270 e. The van der Waals surface area contributed by atoms with Gasteiger partial charge in [-0.15, -0.1) is 0 Å². The molecule has 0 bridgehead atoms. The number of non-ortho nitro benzene ring substituents is 1. The number of benzene rings is 1. The van der Waals surface area contributed by atoms with Gasteiger partial charge in [0.1, 0.15) is 5.75 Å².